The van der Waals surface area contributed by atoms with Crippen molar-refractivity contribution in [3.8, 4) is 11.3 Å². The van der Waals surface area contributed by atoms with Crippen molar-refractivity contribution < 1.29 is 9.90 Å². The highest BCUT2D eigenvalue weighted by Crippen LogP contribution is 2.21. The molecule has 3 aromatic heterocycles. The fourth-order valence-electron chi connectivity index (χ4n) is 5.53. The van der Waals surface area contributed by atoms with E-state index in [9.17, 15) is 9.90 Å². The van der Waals surface area contributed by atoms with Crippen LogP contribution in [0.4, 0.5) is 11.6 Å². The minimum absolute atomic E-state index is 0.437. The van der Waals surface area contributed by atoms with Crippen LogP contribution in [-0.2, 0) is 24.2 Å². The van der Waals surface area contributed by atoms with Gasteiger partial charge in [-0.2, -0.15) is 5.10 Å². The van der Waals surface area contributed by atoms with Crippen molar-refractivity contribution in [2.24, 2.45) is 0 Å². The number of aryl methyl sites for hydroxylation is 4. The van der Waals surface area contributed by atoms with Crippen molar-refractivity contribution in [1.82, 2.24) is 29.6 Å². The monoisotopic (exact) mass is 582 g/mol. The molecule has 0 amide bonds. The molecule has 0 saturated heterocycles. The third-order valence-corrected chi connectivity index (χ3v) is 7.92. The third kappa shape index (κ3) is 8.61. The van der Waals surface area contributed by atoms with E-state index >= 15 is 0 Å². The van der Waals surface area contributed by atoms with E-state index in [1.54, 1.807) is 12.4 Å². The van der Waals surface area contributed by atoms with Crippen LogP contribution in [0.15, 0.2) is 60.9 Å². The van der Waals surface area contributed by atoms with Crippen LogP contribution >= 0.6 is 0 Å². The topological polar surface area (TPSA) is 121 Å². The molecule has 3 N–H and O–H groups in total. The summed E-state index contributed by atoms with van der Waals surface area (Å²) in [6.45, 7) is 8.13. The van der Waals surface area contributed by atoms with Gasteiger partial charge in [0.25, 0.3) is 0 Å². The molecule has 4 heterocycles. The largest absolute Gasteiger partial charge is 0.480 e. The van der Waals surface area contributed by atoms with Gasteiger partial charge in [-0.1, -0.05) is 36.4 Å². The van der Waals surface area contributed by atoms with Gasteiger partial charge in [0.15, 0.2) is 0 Å². The van der Waals surface area contributed by atoms with Gasteiger partial charge in [0, 0.05) is 36.6 Å². The van der Waals surface area contributed by atoms with E-state index in [2.05, 4.69) is 55.7 Å². The van der Waals surface area contributed by atoms with Crippen LogP contribution in [0.5, 0.6) is 0 Å². The summed E-state index contributed by atoms with van der Waals surface area (Å²) in [6.07, 6.45) is 8.91. The van der Waals surface area contributed by atoms with Crippen molar-refractivity contribution in [3.63, 3.8) is 0 Å². The Hall–Kier alpha value is -4.31. The lowest BCUT2D eigenvalue weighted by Crippen LogP contribution is -2.37. The van der Waals surface area contributed by atoms with Crippen LogP contribution in [0.3, 0.4) is 0 Å². The normalized spacial score (nSPS) is 13.4. The molecule has 0 saturated carbocycles. The molecule has 5 rings (SSSR count). The highest BCUT2D eigenvalue weighted by molar-refractivity contribution is 5.76. The van der Waals surface area contributed by atoms with Gasteiger partial charge in [0.1, 0.15) is 17.7 Å². The summed E-state index contributed by atoms with van der Waals surface area (Å²) in [5.41, 5.74) is 6.28. The maximum absolute atomic E-state index is 12.2. The molecule has 0 bridgehead atoms. The lowest BCUT2D eigenvalue weighted by molar-refractivity contribution is -0.138. The highest BCUT2D eigenvalue weighted by Gasteiger charge is 2.20. The molecule has 1 aliphatic rings. The number of carbonyl (C=O) groups is 1. The maximum atomic E-state index is 12.2. The summed E-state index contributed by atoms with van der Waals surface area (Å²) in [5.74, 6) is 0.592. The molecule has 0 fully saturated rings. The first-order valence-corrected chi connectivity index (χ1v) is 15.3. The lowest BCUT2D eigenvalue weighted by Gasteiger charge is -2.25. The summed E-state index contributed by atoms with van der Waals surface area (Å²) in [7, 11) is 0. The molecule has 4 aromatic rings. The fourth-order valence-corrected chi connectivity index (χ4v) is 5.53. The molecule has 1 atom stereocenters. The van der Waals surface area contributed by atoms with Crippen molar-refractivity contribution in [2.75, 3.05) is 36.8 Å². The number of anilines is 2. The molecule has 10 heteroatoms. The number of unbranched alkanes of at least 4 members (excludes halogenated alkanes) is 1. The molecule has 0 radical (unpaired) electrons. The number of aliphatic carboxylic acids is 1. The zero-order valence-corrected chi connectivity index (χ0v) is 25.2. The summed E-state index contributed by atoms with van der Waals surface area (Å²) >= 11 is 0. The first kappa shape index (κ1) is 30.2. The number of benzene rings is 1. The number of carboxylic acid groups (broad SMARTS) is 1. The van der Waals surface area contributed by atoms with E-state index in [1.807, 2.05) is 41.9 Å². The first-order chi connectivity index (χ1) is 20.9. The number of pyridine rings is 1. The molecular weight excluding hydrogens is 540 g/mol. The van der Waals surface area contributed by atoms with Crippen molar-refractivity contribution in [3.05, 3.63) is 83.6 Å². The number of fused-ring (bicyclic) bond motifs is 1. The van der Waals surface area contributed by atoms with Gasteiger partial charge in [-0.25, -0.2) is 14.8 Å². The minimum atomic E-state index is -0.903. The number of rotatable bonds is 15. The third-order valence-electron chi connectivity index (χ3n) is 7.92. The Bertz CT molecular complexity index is 1470. The van der Waals surface area contributed by atoms with Crippen LogP contribution in [0.1, 0.15) is 48.3 Å². The van der Waals surface area contributed by atoms with E-state index in [0.717, 1.165) is 92.4 Å². The summed E-state index contributed by atoms with van der Waals surface area (Å²) in [4.78, 5) is 28.3. The second-order valence-corrected chi connectivity index (χ2v) is 11.3. The average molecular weight is 583 g/mol. The molecule has 43 heavy (non-hydrogen) atoms. The first-order valence-electron chi connectivity index (χ1n) is 15.3. The van der Waals surface area contributed by atoms with Crippen molar-refractivity contribution >= 4 is 17.6 Å². The van der Waals surface area contributed by atoms with E-state index in [4.69, 9.17) is 4.98 Å². The minimum Gasteiger partial charge on any atom is -0.480 e. The Morgan fingerprint density at radius 1 is 1.07 bits per heavy atom. The van der Waals surface area contributed by atoms with E-state index in [0.29, 0.717) is 18.8 Å². The van der Waals surface area contributed by atoms with Crippen LogP contribution in [0.2, 0.25) is 0 Å². The Kier molecular flexibility index (Phi) is 10.3. The Morgan fingerprint density at radius 3 is 2.67 bits per heavy atom. The van der Waals surface area contributed by atoms with Gasteiger partial charge >= 0.3 is 5.97 Å². The Morgan fingerprint density at radius 2 is 1.93 bits per heavy atom. The maximum Gasteiger partial charge on any atom is 0.326 e. The van der Waals surface area contributed by atoms with Crippen LogP contribution < -0.4 is 10.6 Å². The van der Waals surface area contributed by atoms with Gasteiger partial charge in [0.2, 0.25) is 0 Å². The lowest BCUT2D eigenvalue weighted by atomic mass is 10.1. The molecular formula is C33H42N8O2. The number of aromatic nitrogens is 5. The predicted octanol–water partition coefficient (Wildman–Crippen LogP) is 4.99. The Labute approximate surface area is 253 Å². The van der Waals surface area contributed by atoms with Crippen LogP contribution in [-0.4, -0.2) is 72.9 Å². The summed E-state index contributed by atoms with van der Waals surface area (Å²) in [5, 5.41) is 21.1. The zero-order chi connectivity index (χ0) is 30.0. The van der Waals surface area contributed by atoms with Crippen LogP contribution in [0, 0.1) is 13.8 Å². The summed E-state index contributed by atoms with van der Waals surface area (Å²) < 4.78 is 2.03. The van der Waals surface area contributed by atoms with E-state index in [1.165, 1.54) is 5.56 Å². The number of nitrogens with one attached hydrogen (secondary N) is 2. The van der Waals surface area contributed by atoms with Crippen molar-refractivity contribution in [1.29, 1.82) is 0 Å². The SMILES string of the molecule is Cc1cc(C)n(CCN(CCCCc2ccc3c(n2)NCCC3)CC[C@H](Nc2cnc(-c3ccccc3)cn2)C(=O)O)n1. The van der Waals surface area contributed by atoms with Crippen LogP contribution in [0.25, 0.3) is 11.3 Å². The van der Waals surface area contributed by atoms with Gasteiger partial charge in [-0.15, -0.1) is 0 Å². The molecule has 0 unspecified atom stereocenters. The standard InChI is InChI=1S/C33H42N8O2/c1-24-21-25(2)41(39-24)20-19-40(17-7-6-12-28-14-13-27-11-8-16-34-32(27)37-28)18-15-29(33(42)43)38-31-23-35-30(22-36-31)26-9-4-3-5-10-26/h3-5,9-10,13-14,21-23,29H,6-8,11-12,15-20H2,1-2H3,(H,34,37)(H,36,38)(H,42,43)/t29-/m0/s1. The average Bonchev–Trinajstić information content (AvgIpc) is 3.36. The van der Waals surface area contributed by atoms with E-state index < -0.39 is 12.0 Å². The van der Waals surface area contributed by atoms with Gasteiger partial charge in [0.05, 0.1) is 30.3 Å². The number of hydrogen-bond acceptors (Lipinski definition) is 8. The van der Waals surface area contributed by atoms with Gasteiger partial charge in [-0.05, 0) is 76.6 Å². The molecule has 226 valence electrons. The number of carboxylic acids is 1. The zero-order valence-electron chi connectivity index (χ0n) is 25.2. The van der Waals surface area contributed by atoms with Gasteiger partial charge < -0.3 is 20.6 Å². The van der Waals surface area contributed by atoms with E-state index in [-0.39, 0.29) is 0 Å². The summed E-state index contributed by atoms with van der Waals surface area (Å²) in [6, 6.07) is 15.5. The Balaban J connectivity index is 1.17. The predicted molar refractivity (Wildman–Crippen MR) is 169 cm³/mol. The fraction of sp³-hybridized carbons (Fsp3) is 0.424. The molecule has 1 aromatic carbocycles. The molecule has 1 aliphatic heterocycles. The smallest absolute Gasteiger partial charge is 0.326 e. The second kappa shape index (κ2) is 14.7. The highest BCUT2D eigenvalue weighted by atomic mass is 16.4. The molecule has 0 aliphatic carbocycles. The molecule has 10 nitrogen and oxygen atoms in total. The van der Waals surface area contributed by atoms with Gasteiger partial charge in [-0.3, -0.25) is 9.67 Å². The van der Waals surface area contributed by atoms with Crippen molar-refractivity contribution in [2.45, 2.75) is 65.0 Å². The number of hydrogen-bond donors (Lipinski definition) is 3. The molecule has 0 spiro atoms. The second-order valence-electron chi connectivity index (χ2n) is 11.3. The quantitative estimate of drug-likeness (QED) is 0.166. The number of nitrogens with zero attached hydrogens (tertiary/aromatic N) is 6.